The molecular weight excluding hydrogens is 164 g/mol. The molecule has 0 radical (unpaired) electrons. The number of hydrogen-bond donors (Lipinski definition) is 2. The number of nitrogens with one attached hydrogen (secondary N) is 2. The first-order valence-electron chi connectivity index (χ1n) is 4.90. The second-order valence-electron chi connectivity index (χ2n) is 3.95. The lowest BCUT2D eigenvalue weighted by atomic mass is 10.2. The molecule has 1 aromatic rings. The summed E-state index contributed by atoms with van der Waals surface area (Å²) in [4.78, 5) is 4.38. The fourth-order valence-corrected chi connectivity index (χ4v) is 1.18. The van der Waals surface area contributed by atoms with Crippen molar-refractivity contribution in [1.29, 1.82) is 0 Å². The van der Waals surface area contributed by atoms with Crippen LogP contribution in [0.2, 0.25) is 0 Å². The molecule has 1 aliphatic rings. The molecule has 4 heteroatoms. The first-order chi connectivity index (χ1) is 6.25. The molecule has 72 valence electrons. The average Bonchev–Trinajstić information content (AvgIpc) is 2.79. The topological polar surface area (TPSA) is 53.6 Å². The van der Waals surface area contributed by atoms with Crippen molar-refractivity contribution in [2.24, 2.45) is 0 Å². The Bertz CT molecular complexity index is 275. The maximum absolute atomic E-state index is 4.38. The number of aromatic amines is 1. The molecule has 1 fully saturated rings. The highest BCUT2D eigenvalue weighted by Gasteiger charge is 2.20. The van der Waals surface area contributed by atoms with Crippen LogP contribution in [0.3, 0.4) is 0 Å². The summed E-state index contributed by atoms with van der Waals surface area (Å²) in [5, 5.41) is 10.5. The Morgan fingerprint density at radius 3 is 2.85 bits per heavy atom. The smallest absolute Gasteiger partial charge is 0.153 e. The van der Waals surface area contributed by atoms with E-state index in [0.29, 0.717) is 5.92 Å². The predicted octanol–water partition coefficient (Wildman–Crippen LogP) is 1.18. The van der Waals surface area contributed by atoms with Crippen LogP contribution in [-0.2, 0) is 6.54 Å². The number of rotatable bonds is 4. The first-order valence-corrected chi connectivity index (χ1v) is 4.90. The average molecular weight is 180 g/mol. The van der Waals surface area contributed by atoms with E-state index in [2.05, 4.69) is 34.3 Å². The molecule has 1 aromatic heterocycles. The molecule has 0 saturated heterocycles. The molecular formula is C9H16N4. The summed E-state index contributed by atoms with van der Waals surface area (Å²) >= 11 is 0. The third-order valence-electron chi connectivity index (χ3n) is 2.20. The Hall–Kier alpha value is -0.900. The fourth-order valence-electron chi connectivity index (χ4n) is 1.18. The molecule has 0 bridgehead atoms. The Labute approximate surface area is 78.1 Å². The van der Waals surface area contributed by atoms with Crippen molar-refractivity contribution in [3.63, 3.8) is 0 Å². The second kappa shape index (κ2) is 3.46. The Morgan fingerprint density at radius 1 is 1.54 bits per heavy atom. The van der Waals surface area contributed by atoms with Crippen LogP contribution in [0.5, 0.6) is 0 Å². The van der Waals surface area contributed by atoms with Crippen LogP contribution < -0.4 is 5.32 Å². The van der Waals surface area contributed by atoms with Crippen molar-refractivity contribution in [3.8, 4) is 0 Å². The minimum Gasteiger partial charge on any atom is -0.307 e. The fraction of sp³-hybridized carbons (Fsp3) is 0.778. The van der Waals surface area contributed by atoms with Gasteiger partial charge in [0.15, 0.2) is 5.82 Å². The van der Waals surface area contributed by atoms with Crippen LogP contribution >= 0.6 is 0 Å². The summed E-state index contributed by atoms with van der Waals surface area (Å²) < 4.78 is 0. The lowest BCUT2D eigenvalue weighted by molar-refractivity contribution is 0.659. The van der Waals surface area contributed by atoms with Crippen molar-refractivity contribution in [3.05, 3.63) is 11.6 Å². The summed E-state index contributed by atoms with van der Waals surface area (Å²) in [6, 6.07) is 0.729. The van der Waals surface area contributed by atoms with Gasteiger partial charge in [-0.1, -0.05) is 13.8 Å². The summed E-state index contributed by atoms with van der Waals surface area (Å²) in [7, 11) is 0. The predicted molar refractivity (Wildman–Crippen MR) is 50.3 cm³/mol. The molecule has 1 heterocycles. The molecule has 2 rings (SSSR count). The van der Waals surface area contributed by atoms with Crippen LogP contribution in [-0.4, -0.2) is 21.2 Å². The Kier molecular flexibility index (Phi) is 2.31. The third kappa shape index (κ3) is 2.28. The Balaban J connectivity index is 1.88. The third-order valence-corrected chi connectivity index (χ3v) is 2.20. The summed E-state index contributed by atoms with van der Waals surface area (Å²) in [5.41, 5.74) is 0. The standard InChI is InChI=1S/C9H16N4/c1-6(2)9-11-8(12-13-9)5-10-7-3-4-7/h6-7,10H,3-5H2,1-2H3,(H,11,12,13). The summed E-state index contributed by atoms with van der Waals surface area (Å²) in [6.45, 7) is 5.02. The van der Waals surface area contributed by atoms with Gasteiger partial charge in [0.1, 0.15) is 5.82 Å². The molecule has 0 aromatic carbocycles. The molecule has 4 nitrogen and oxygen atoms in total. The minimum atomic E-state index is 0.408. The van der Waals surface area contributed by atoms with Gasteiger partial charge in [-0.05, 0) is 12.8 Å². The maximum atomic E-state index is 4.38. The van der Waals surface area contributed by atoms with E-state index < -0.39 is 0 Å². The van der Waals surface area contributed by atoms with E-state index in [-0.39, 0.29) is 0 Å². The van der Waals surface area contributed by atoms with Crippen molar-refractivity contribution < 1.29 is 0 Å². The zero-order valence-corrected chi connectivity index (χ0v) is 8.17. The summed E-state index contributed by atoms with van der Waals surface area (Å²) in [5.74, 6) is 2.27. The van der Waals surface area contributed by atoms with Gasteiger partial charge in [-0.15, -0.1) is 0 Å². The van der Waals surface area contributed by atoms with Crippen molar-refractivity contribution in [2.75, 3.05) is 0 Å². The van der Waals surface area contributed by atoms with Crippen molar-refractivity contribution in [2.45, 2.75) is 45.2 Å². The quantitative estimate of drug-likeness (QED) is 0.731. The molecule has 0 atom stereocenters. The molecule has 0 aliphatic heterocycles. The Morgan fingerprint density at radius 2 is 2.31 bits per heavy atom. The van der Waals surface area contributed by atoms with E-state index in [1.54, 1.807) is 0 Å². The van der Waals surface area contributed by atoms with Gasteiger partial charge < -0.3 is 5.32 Å². The molecule has 0 unspecified atom stereocenters. The lowest BCUT2D eigenvalue weighted by Crippen LogP contribution is -2.16. The highest BCUT2D eigenvalue weighted by molar-refractivity contribution is 4.95. The normalized spacial score (nSPS) is 16.8. The number of nitrogens with zero attached hydrogens (tertiary/aromatic N) is 2. The number of aromatic nitrogens is 3. The molecule has 0 spiro atoms. The second-order valence-corrected chi connectivity index (χ2v) is 3.95. The van der Waals surface area contributed by atoms with E-state index in [1.165, 1.54) is 12.8 Å². The van der Waals surface area contributed by atoms with E-state index >= 15 is 0 Å². The van der Waals surface area contributed by atoms with E-state index in [1.807, 2.05) is 0 Å². The first kappa shape index (κ1) is 8.69. The van der Waals surface area contributed by atoms with Crippen molar-refractivity contribution in [1.82, 2.24) is 20.5 Å². The van der Waals surface area contributed by atoms with Gasteiger partial charge in [0.25, 0.3) is 0 Å². The van der Waals surface area contributed by atoms with Gasteiger partial charge in [-0.3, -0.25) is 5.10 Å². The van der Waals surface area contributed by atoms with Gasteiger partial charge in [-0.2, -0.15) is 5.10 Å². The van der Waals surface area contributed by atoms with Gasteiger partial charge in [0, 0.05) is 12.0 Å². The zero-order chi connectivity index (χ0) is 9.26. The zero-order valence-electron chi connectivity index (χ0n) is 8.17. The molecule has 1 aliphatic carbocycles. The SMILES string of the molecule is CC(C)c1n[nH]c(CNC2CC2)n1. The van der Waals surface area contributed by atoms with Gasteiger partial charge in [0.05, 0.1) is 6.54 Å². The van der Waals surface area contributed by atoms with E-state index in [0.717, 1.165) is 24.2 Å². The molecule has 2 N–H and O–H groups in total. The minimum absolute atomic E-state index is 0.408. The lowest BCUT2D eigenvalue weighted by Gasteiger charge is -1.97. The number of hydrogen-bond acceptors (Lipinski definition) is 3. The highest BCUT2D eigenvalue weighted by Crippen LogP contribution is 2.18. The molecule has 13 heavy (non-hydrogen) atoms. The summed E-state index contributed by atoms with van der Waals surface area (Å²) in [6.07, 6.45) is 2.62. The van der Waals surface area contributed by atoms with Crippen LogP contribution in [0.4, 0.5) is 0 Å². The van der Waals surface area contributed by atoms with Crippen LogP contribution in [0.1, 0.15) is 44.3 Å². The van der Waals surface area contributed by atoms with E-state index in [9.17, 15) is 0 Å². The van der Waals surface area contributed by atoms with Crippen LogP contribution in [0.15, 0.2) is 0 Å². The van der Waals surface area contributed by atoms with Gasteiger partial charge in [-0.25, -0.2) is 4.98 Å². The van der Waals surface area contributed by atoms with Gasteiger partial charge in [0.2, 0.25) is 0 Å². The van der Waals surface area contributed by atoms with Crippen LogP contribution in [0.25, 0.3) is 0 Å². The molecule has 1 saturated carbocycles. The number of H-pyrrole nitrogens is 1. The maximum Gasteiger partial charge on any atom is 0.153 e. The highest BCUT2D eigenvalue weighted by atomic mass is 15.2. The van der Waals surface area contributed by atoms with Gasteiger partial charge >= 0.3 is 0 Å². The molecule has 0 amide bonds. The van der Waals surface area contributed by atoms with Crippen molar-refractivity contribution >= 4 is 0 Å². The van der Waals surface area contributed by atoms with E-state index in [4.69, 9.17) is 0 Å². The largest absolute Gasteiger partial charge is 0.307 e. The monoisotopic (exact) mass is 180 g/mol. The van der Waals surface area contributed by atoms with Crippen LogP contribution in [0, 0.1) is 0 Å².